The number of benzene rings is 1. The van der Waals surface area contributed by atoms with E-state index in [1.54, 1.807) is 7.11 Å². The minimum Gasteiger partial charge on any atom is -0.496 e. The van der Waals surface area contributed by atoms with Crippen LogP contribution in [0.15, 0.2) is 18.2 Å². The monoisotopic (exact) mass is 179 g/mol. The van der Waals surface area contributed by atoms with Crippen molar-refractivity contribution in [3.63, 3.8) is 0 Å². The van der Waals surface area contributed by atoms with Gasteiger partial charge in [-0.25, -0.2) is 0 Å². The normalized spacial score (nSPS) is 12.6. The predicted molar refractivity (Wildman–Crippen MR) is 55.0 cm³/mol. The summed E-state index contributed by atoms with van der Waals surface area (Å²) in [6.07, 6.45) is 0.952. The molecule has 0 bridgehead atoms. The summed E-state index contributed by atoms with van der Waals surface area (Å²) in [6, 6.07) is 6.12. The van der Waals surface area contributed by atoms with Crippen molar-refractivity contribution in [1.82, 2.24) is 0 Å². The van der Waals surface area contributed by atoms with Gasteiger partial charge in [0.2, 0.25) is 0 Å². The fourth-order valence-electron chi connectivity index (χ4n) is 1.47. The molecular formula is C11H17NO. The summed E-state index contributed by atoms with van der Waals surface area (Å²) in [6.45, 7) is 4.13. The van der Waals surface area contributed by atoms with Crippen LogP contribution in [-0.2, 0) is 0 Å². The van der Waals surface area contributed by atoms with Crippen LogP contribution in [0.25, 0.3) is 0 Å². The number of ether oxygens (including phenoxy) is 1. The molecule has 2 nitrogen and oxygen atoms in total. The molecule has 0 unspecified atom stereocenters. The van der Waals surface area contributed by atoms with Crippen LogP contribution in [0, 0.1) is 6.92 Å². The summed E-state index contributed by atoms with van der Waals surface area (Å²) in [5.74, 6) is 0.918. The Hall–Kier alpha value is -1.02. The van der Waals surface area contributed by atoms with E-state index in [1.165, 1.54) is 5.56 Å². The minimum absolute atomic E-state index is 0.120. The van der Waals surface area contributed by atoms with Gasteiger partial charge in [0.15, 0.2) is 0 Å². The quantitative estimate of drug-likeness (QED) is 0.773. The first kappa shape index (κ1) is 10.1. The Morgan fingerprint density at radius 2 is 2.15 bits per heavy atom. The molecule has 1 atom stereocenters. The zero-order valence-electron chi connectivity index (χ0n) is 8.50. The maximum Gasteiger partial charge on any atom is 0.122 e. The van der Waals surface area contributed by atoms with E-state index in [2.05, 4.69) is 13.0 Å². The molecular weight excluding hydrogens is 162 g/mol. The van der Waals surface area contributed by atoms with Crippen LogP contribution in [0.3, 0.4) is 0 Å². The smallest absolute Gasteiger partial charge is 0.122 e. The topological polar surface area (TPSA) is 35.2 Å². The zero-order valence-corrected chi connectivity index (χ0v) is 8.50. The van der Waals surface area contributed by atoms with Gasteiger partial charge >= 0.3 is 0 Å². The van der Waals surface area contributed by atoms with Crippen molar-refractivity contribution in [1.29, 1.82) is 0 Å². The van der Waals surface area contributed by atoms with Crippen LogP contribution >= 0.6 is 0 Å². The summed E-state index contributed by atoms with van der Waals surface area (Å²) >= 11 is 0. The standard InChI is InChI=1S/C11H17NO/c1-4-10(12)9-6-5-7-11(13-3)8(9)2/h5-7,10H,4,12H2,1-3H3/t10-/m0/s1. The van der Waals surface area contributed by atoms with Gasteiger partial charge in [-0.05, 0) is 30.5 Å². The first-order valence-electron chi connectivity index (χ1n) is 4.59. The second-order valence-electron chi connectivity index (χ2n) is 3.19. The van der Waals surface area contributed by atoms with Crippen molar-refractivity contribution in [3.05, 3.63) is 29.3 Å². The molecule has 1 aromatic carbocycles. The van der Waals surface area contributed by atoms with Crippen molar-refractivity contribution < 1.29 is 4.74 Å². The molecule has 13 heavy (non-hydrogen) atoms. The lowest BCUT2D eigenvalue weighted by Gasteiger charge is -2.14. The summed E-state index contributed by atoms with van der Waals surface area (Å²) in [4.78, 5) is 0. The van der Waals surface area contributed by atoms with Crippen LogP contribution in [0.5, 0.6) is 5.75 Å². The Balaban J connectivity index is 3.08. The van der Waals surface area contributed by atoms with E-state index in [-0.39, 0.29) is 6.04 Å². The molecule has 0 aliphatic heterocycles. The average molecular weight is 179 g/mol. The third-order valence-corrected chi connectivity index (χ3v) is 2.39. The number of hydrogen-bond acceptors (Lipinski definition) is 2. The molecule has 2 N–H and O–H groups in total. The largest absolute Gasteiger partial charge is 0.496 e. The minimum atomic E-state index is 0.120. The Morgan fingerprint density at radius 1 is 1.46 bits per heavy atom. The lowest BCUT2D eigenvalue weighted by molar-refractivity contribution is 0.410. The number of methoxy groups -OCH3 is 1. The first-order chi connectivity index (χ1) is 6.20. The fraction of sp³-hybridized carbons (Fsp3) is 0.455. The highest BCUT2D eigenvalue weighted by atomic mass is 16.5. The predicted octanol–water partition coefficient (Wildman–Crippen LogP) is 2.41. The van der Waals surface area contributed by atoms with E-state index < -0.39 is 0 Å². The summed E-state index contributed by atoms with van der Waals surface area (Å²) in [5.41, 5.74) is 8.30. The van der Waals surface area contributed by atoms with Crippen LogP contribution in [0.4, 0.5) is 0 Å². The van der Waals surface area contributed by atoms with Crippen LogP contribution in [0.1, 0.15) is 30.5 Å². The highest BCUT2D eigenvalue weighted by Gasteiger charge is 2.09. The number of hydrogen-bond donors (Lipinski definition) is 1. The van der Waals surface area contributed by atoms with Crippen molar-refractivity contribution in [2.75, 3.05) is 7.11 Å². The van der Waals surface area contributed by atoms with Gasteiger partial charge in [0.1, 0.15) is 5.75 Å². The lowest BCUT2D eigenvalue weighted by Crippen LogP contribution is -2.10. The zero-order chi connectivity index (χ0) is 9.84. The van der Waals surface area contributed by atoms with Crippen LogP contribution in [-0.4, -0.2) is 7.11 Å². The van der Waals surface area contributed by atoms with E-state index in [9.17, 15) is 0 Å². The second-order valence-corrected chi connectivity index (χ2v) is 3.19. The van der Waals surface area contributed by atoms with Crippen molar-refractivity contribution >= 4 is 0 Å². The van der Waals surface area contributed by atoms with E-state index in [4.69, 9.17) is 10.5 Å². The van der Waals surface area contributed by atoms with E-state index in [0.717, 1.165) is 17.7 Å². The van der Waals surface area contributed by atoms with E-state index in [1.807, 2.05) is 19.1 Å². The Kier molecular flexibility index (Phi) is 3.32. The molecule has 0 fully saturated rings. The van der Waals surface area contributed by atoms with Gasteiger partial charge in [-0.2, -0.15) is 0 Å². The highest BCUT2D eigenvalue weighted by Crippen LogP contribution is 2.25. The van der Waals surface area contributed by atoms with Gasteiger partial charge in [0.25, 0.3) is 0 Å². The molecule has 72 valence electrons. The molecule has 0 aromatic heterocycles. The molecule has 0 aliphatic carbocycles. The number of nitrogens with two attached hydrogens (primary N) is 1. The highest BCUT2D eigenvalue weighted by molar-refractivity contribution is 5.40. The summed E-state index contributed by atoms with van der Waals surface area (Å²) in [5, 5.41) is 0. The second kappa shape index (κ2) is 4.28. The van der Waals surface area contributed by atoms with Crippen LogP contribution in [0.2, 0.25) is 0 Å². The Labute approximate surface area is 79.7 Å². The summed E-state index contributed by atoms with van der Waals surface area (Å²) < 4.78 is 5.22. The Bertz CT molecular complexity index is 283. The van der Waals surface area contributed by atoms with Gasteiger partial charge in [-0.3, -0.25) is 0 Å². The molecule has 0 saturated heterocycles. The first-order valence-corrected chi connectivity index (χ1v) is 4.59. The van der Waals surface area contributed by atoms with Gasteiger partial charge in [0.05, 0.1) is 7.11 Å². The van der Waals surface area contributed by atoms with Crippen LogP contribution < -0.4 is 10.5 Å². The Morgan fingerprint density at radius 3 is 2.69 bits per heavy atom. The molecule has 1 rings (SSSR count). The van der Waals surface area contributed by atoms with Gasteiger partial charge in [-0.1, -0.05) is 19.1 Å². The van der Waals surface area contributed by atoms with Crippen molar-refractivity contribution in [2.45, 2.75) is 26.3 Å². The molecule has 0 spiro atoms. The number of rotatable bonds is 3. The maximum atomic E-state index is 5.96. The average Bonchev–Trinajstić information content (AvgIpc) is 2.17. The third kappa shape index (κ3) is 2.01. The SMILES string of the molecule is CC[C@H](N)c1cccc(OC)c1C. The van der Waals surface area contributed by atoms with Gasteiger partial charge in [0, 0.05) is 6.04 Å². The van der Waals surface area contributed by atoms with E-state index in [0.29, 0.717) is 0 Å². The molecule has 0 amide bonds. The fourth-order valence-corrected chi connectivity index (χ4v) is 1.47. The molecule has 2 heteroatoms. The van der Waals surface area contributed by atoms with Crippen molar-refractivity contribution in [2.24, 2.45) is 5.73 Å². The molecule has 1 aromatic rings. The molecule has 0 radical (unpaired) electrons. The molecule has 0 aliphatic rings. The maximum absolute atomic E-state index is 5.96. The molecule has 0 saturated carbocycles. The van der Waals surface area contributed by atoms with Crippen molar-refractivity contribution in [3.8, 4) is 5.75 Å². The summed E-state index contributed by atoms with van der Waals surface area (Å²) in [7, 11) is 1.68. The van der Waals surface area contributed by atoms with Gasteiger partial charge in [-0.15, -0.1) is 0 Å². The van der Waals surface area contributed by atoms with E-state index >= 15 is 0 Å². The van der Waals surface area contributed by atoms with Gasteiger partial charge < -0.3 is 10.5 Å². The third-order valence-electron chi connectivity index (χ3n) is 2.39. The lowest BCUT2D eigenvalue weighted by atomic mass is 9.99. The molecule has 0 heterocycles.